The first-order chi connectivity index (χ1) is 10.6. The van der Waals surface area contributed by atoms with E-state index in [2.05, 4.69) is 9.97 Å². The highest BCUT2D eigenvalue weighted by molar-refractivity contribution is 5.67. The van der Waals surface area contributed by atoms with E-state index in [1.165, 1.54) is 12.3 Å². The number of aldehydes is 1. The van der Waals surface area contributed by atoms with Crippen LogP contribution in [0.2, 0.25) is 0 Å². The lowest BCUT2D eigenvalue weighted by Crippen LogP contribution is -2.07. The first-order valence-electron chi connectivity index (χ1n) is 6.73. The van der Waals surface area contributed by atoms with Gasteiger partial charge in [-0.3, -0.25) is 4.79 Å². The molecule has 4 nitrogen and oxygen atoms in total. The molecule has 1 aromatic carbocycles. The zero-order valence-electron chi connectivity index (χ0n) is 12.4. The van der Waals surface area contributed by atoms with Gasteiger partial charge in [-0.1, -0.05) is 18.2 Å². The lowest BCUT2D eigenvalue weighted by atomic mass is 10.1. The van der Waals surface area contributed by atoms with Crippen LogP contribution in [0.1, 0.15) is 5.82 Å². The number of benzene rings is 1. The summed E-state index contributed by atoms with van der Waals surface area (Å²) >= 11 is 0. The Labute approximate surface area is 128 Å². The van der Waals surface area contributed by atoms with Crippen LogP contribution in [-0.4, -0.2) is 23.3 Å². The number of anilines is 1. The average Bonchev–Trinajstić information content (AvgIpc) is 2.54. The fourth-order valence-electron chi connectivity index (χ4n) is 1.90. The molecule has 0 radical (unpaired) electrons. The van der Waals surface area contributed by atoms with Crippen LogP contribution < -0.4 is 4.90 Å². The van der Waals surface area contributed by atoms with Crippen molar-refractivity contribution < 1.29 is 9.18 Å². The summed E-state index contributed by atoms with van der Waals surface area (Å²) in [5.41, 5.74) is 1.85. The molecule has 0 unspecified atom stereocenters. The first-order valence-corrected chi connectivity index (χ1v) is 6.73. The molecule has 1 heterocycles. The Morgan fingerprint density at radius 1 is 1.23 bits per heavy atom. The summed E-state index contributed by atoms with van der Waals surface area (Å²) in [5.74, 6) is 0.0731. The molecule has 0 saturated heterocycles. The van der Waals surface area contributed by atoms with Crippen molar-refractivity contribution in [2.24, 2.45) is 0 Å². The predicted molar refractivity (Wildman–Crippen MR) is 84.9 cm³/mol. The van der Waals surface area contributed by atoms with E-state index >= 15 is 0 Å². The number of carbonyl (C=O) groups excluding carboxylic acids is 1. The molecule has 2 aromatic rings. The highest BCUT2D eigenvalue weighted by atomic mass is 19.1. The molecule has 0 bridgehead atoms. The minimum Gasteiger partial charge on any atom is -0.351 e. The van der Waals surface area contributed by atoms with Crippen LogP contribution in [0.5, 0.6) is 0 Å². The third-order valence-electron chi connectivity index (χ3n) is 3.00. The number of halogens is 1. The molecule has 0 fully saturated rings. The molecule has 0 aliphatic carbocycles. The summed E-state index contributed by atoms with van der Waals surface area (Å²) in [5, 5.41) is 0. The van der Waals surface area contributed by atoms with Gasteiger partial charge >= 0.3 is 0 Å². The van der Waals surface area contributed by atoms with E-state index in [1.807, 2.05) is 30.1 Å². The fourth-order valence-corrected chi connectivity index (χ4v) is 1.90. The van der Waals surface area contributed by atoms with E-state index in [0.717, 1.165) is 5.69 Å². The molecule has 0 aliphatic rings. The Morgan fingerprint density at radius 2 is 2.05 bits per heavy atom. The van der Waals surface area contributed by atoms with E-state index < -0.39 is 5.82 Å². The summed E-state index contributed by atoms with van der Waals surface area (Å²) in [6.45, 7) is 1.72. The van der Waals surface area contributed by atoms with Crippen LogP contribution in [0.4, 0.5) is 10.1 Å². The van der Waals surface area contributed by atoms with Gasteiger partial charge in [0, 0.05) is 24.5 Å². The predicted octanol–water partition coefficient (Wildman–Crippen LogP) is 3.30. The van der Waals surface area contributed by atoms with Crippen molar-refractivity contribution >= 4 is 12.0 Å². The van der Waals surface area contributed by atoms with Crippen LogP contribution in [0, 0.1) is 12.7 Å². The molecule has 5 heteroatoms. The number of aromatic nitrogens is 2. The molecule has 1 aromatic heterocycles. The average molecular weight is 297 g/mol. The normalized spacial score (nSPS) is 11.2. The van der Waals surface area contributed by atoms with Gasteiger partial charge in [-0.2, -0.15) is 0 Å². The number of aryl methyl sites for hydroxylation is 1. The molecular weight excluding hydrogens is 281 g/mol. The smallest absolute Gasteiger partial charge is 0.167 e. The third-order valence-corrected chi connectivity index (χ3v) is 3.00. The summed E-state index contributed by atoms with van der Waals surface area (Å²) < 4.78 is 13.9. The van der Waals surface area contributed by atoms with Crippen LogP contribution in [0.15, 0.2) is 54.9 Å². The van der Waals surface area contributed by atoms with Crippen molar-refractivity contribution in [3.8, 4) is 11.3 Å². The lowest BCUT2D eigenvalue weighted by Gasteiger charge is -2.15. The zero-order chi connectivity index (χ0) is 15.9. The summed E-state index contributed by atoms with van der Waals surface area (Å²) in [6, 6.07) is 7.40. The van der Waals surface area contributed by atoms with Gasteiger partial charge < -0.3 is 4.90 Å². The van der Waals surface area contributed by atoms with Gasteiger partial charge in [0.05, 0.1) is 6.20 Å². The number of hydrogen-bond acceptors (Lipinski definition) is 4. The third kappa shape index (κ3) is 3.85. The number of rotatable bonds is 5. The number of hydrogen-bond donors (Lipinski definition) is 0. The van der Waals surface area contributed by atoms with E-state index in [0.29, 0.717) is 17.7 Å². The van der Waals surface area contributed by atoms with Crippen LogP contribution in [0.3, 0.4) is 0 Å². The first kappa shape index (κ1) is 15.6. The maximum absolute atomic E-state index is 13.9. The number of carbonyl (C=O) groups is 1. The van der Waals surface area contributed by atoms with Gasteiger partial charge in [0.15, 0.2) is 5.82 Å². The van der Waals surface area contributed by atoms with Crippen LogP contribution in [0.25, 0.3) is 11.3 Å². The van der Waals surface area contributed by atoms with Crippen molar-refractivity contribution in [2.45, 2.75) is 6.92 Å². The highest BCUT2D eigenvalue weighted by Gasteiger charge is 2.09. The van der Waals surface area contributed by atoms with Crippen molar-refractivity contribution in [2.75, 3.05) is 11.9 Å². The van der Waals surface area contributed by atoms with Crippen molar-refractivity contribution in [1.29, 1.82) is 0 Å². The quantitative estimate of drug-likeness (QED) is 0.482. The Hall–Kier alpha value is -2.82. The van der Waals surface area contributed by atoms with Crippen LogP contribution in [-0.2, 0) is 4.79 Å². The second-order valence-corrected chi connectivity index (χ2v) is 4.64. The molecule has 0 atom stereocenters. The van der Waals surface area contributed by atoms with Gasteiger partial charge in [0.1, 0.15) is 17.8 Å². The Kier molecular flexibility index (Phi) is 5.14. The molecule has 112 valence electrons. The topological polar surface area (TPSA) is 46.1 Å². The van der Waals surface area contributed by atoms with Crippen LogP contribution >= 0.6 is 0 Å². The van der Waals surface area contributed by atoms with Gasteiger partial charge in [-0.15, -0.1) is 0 Å². The molecule has 0 aliphatic heterocycles. The minimum atomic E-state index is -0.449. The Morgan fingerprint density at radius 3 is 2.82 bits per heavy atom. The van der Waals surface area contributed by atoms with E-state index in [4.69, 9.17) is 0 Å². The maximum Gasteiger partial charge on any atom is 0.167 e. The number of nitrogens with zero attached hydrogens (tertiary/aromatic N) is 3. The lowest BCUT2D eigenvalue weighted by molar-refractivity contribution is -0.104. The summed E-state index contributed by atoms with van der Waals surface area (Å²) in [6.07, 6.45) is 8.49. The van der Waals surface area contributed by atoms with E-state index in [-0.39, 0.29) is 5.69 Å². The van der Waals surface area contributed by atoms with Crippen molar-refractivity contribution in [3.05, 3.63) is 66.5 Å². The van der Waals surface area contributed by atoms with Gasteiger partial charge in [0.2, 0.25) is 0 Å². The SMILES string of the molecule is Cc1ncc(F)c(-c2cccc(N(C)/C=C\C=C/C=O)c2)n1. The number of allylic oxidation sites excluding steroid dienone is 3. The fraction of sp³-hybridized carbons (Fsp3) is 0.118. The summed E-state index contributed by atoms with van der Waals surface area (Å²) in [4.78, 5) is 20.1. The van der Waals surface area contributed by atoms with Crippen molar-refractivity contribution in [1.82, 2.24) is 9.97 Å². The van der Waals surface area contributed by atoms with Gasteiger partial charge in [-0.25, -0.2) is 14.4 Å². The summed E-state index contributed by atoms with van der Waals surface area (Å²) in [7, 11) is 1.87. The molecule has 0 spiro atoms. The maximum atomic E-state index is 13.9. The second-order valence-electron chi connectivity index (χ2n) is 4.64. The Balaban J connectivity index is 2.30. The second kappa shape index (κ2) is 7.26. The molecule has 0 amide bonds. The minimum absolute atomic E-state index is 0.285. The monoisotopic (exact) mass is 297 g/mol. The van der Waals surface area contributed by atoms with E-state index in [9.17, 15) is 9.18 Å². The molecular formula is C17H16FN3O. The molecule has 0 N–H and O–H groups in total. The van der Waals surface area contributed by atoms with Gasteiger partial charge in [-0.05, 0) is 31.2 Å². The molecule has 22 heavy (non-hydrogen) atoms. The van der Waals surface area contributed by atoms with Gasteiger partial charge in [0.25, 0.3) is 0 Å². The Bertz CT molecular complexity index is 726. The standard InChI is InChI=1S/C17H16FN3O/c1-13-19-12-16(18)17(20-13)14-7-6-8-15(11-14)21(2)9-4-3-5-10-22/h3-12H,1-2H3/b5-3-,9-4-. The largest absolute Gasteiger partial charge is 0.351 e. The molecule has 0 saturated carbocycles. The zero-order valence-corrected chi connectivity index (χ0v) is 12.4. The van der Waals surface area contributed by atoms with E-state index in [1.54, 1.807) is 31.3 Å². The molecule has 2 rings (SSSR count). The highest BCUT2D eigenvalue weighted by Crippen LogP contribution is 2.24. The van der Waals surface area contributed by atoms with Crippen molar-refractivity contribution in [3.63, 3.8) is 0 Å².